The van der Waals surface area contributed by atoms with Gasteiger partial charge in [0.25, 0.3) is 5.91 Å². The van der Waals surface area contributed by atoms with Crippen molar-refractivity contribution >= 4 is 5.91 Å². The van der Waals surface area contributed by atoms with E-state index in [9.17, 15) is 9.18 Å². The molecule has 1 N–H and O–H groups in total. The van der Waals surface area contributed by atoms with Crippen LogP contribution in [0.4, 0.5) is 4.39 Å². The second-order valence-corrected chi connectivity index (χ2v) is 4.69. The lowest BCUT2D eigenvalue weighted by Gasteiger charge is -2.34. The van der Waals surface area contributed by atoms with Crippen LogP contribution in [-0.2, 0) is 4.79 Å². The summed E-state index contributed by atoms with van der Waals surface area (Å²) < 4.78 is 18.1. The number of aliphatic hydroxyl groups is 1. The molecule has 1 aromatic carbocycles. The molecule has 20 heavy (non-hydrogen) atoms. The minimum atomic E-state index is -0.330. The van der Waals surface area contributed by atoms with Gasteiger partial charge in [-0.05, 0) is 24.3 Å². The molecule has 110 valence electrons. The Morgan fingerprint density at radius 1 is 1.20 bits per heavy atom. The van der Waals surface area contributed by atoms with Crippen LogP contribution in [0.2, 0.25) is 0 Å². The van der Waals surface area contributed by atoms with Crippen molar-refractivity contribution in [1.82, 2.24) is 9.80 Å². The van der Waals surface area contributed by atoms with E-state index >= 15 is 0 Å². The number of piperazine rings is 1. The number of nitrogens with zero attached hydrogens (tertiary/aromatic N) is 2. The lowest BCUT2D eigenvalue weighted by Crippen LogP contribution is -2.50. The van der Waals surface area contributed by atoms with E-state index in [1.807, 2.05) is 0 Å². The van der Waals surface area contributed by atoms with Gasteiger partial charge in [0, 0.05) is 32.7 Å². The van der Waals surface area contributed by atoms with Crippen molar-refractivity contribution in [3.63, 3.8) is 0 Å². The molecule has 0 atom stereocenters. The van der Waals surface area contributed by atoms with Crippen molar-refractivity contribution in [2.24, 2.45) is 0 Å². The van der Waals surface area contributed by atoms with Crippen LogP contribution in [0.15, 0.2) is 24.3 Å². The molecule has 5 nitrogen and oxygen atoms in total. The van der Waals surface area contributed by atoms with Gasteiger partial charge in [-0.3, -0.25) is 9.69 Å². The first-order valence-electron chi connectivity index (χ1n) is 6.68. The zero-order chi connectivity index (χ0) is 14.4. The molecule has 1 amide bonds. The standard InChI is InChI=1S/C14H19FN2O3/c15-12-1-3-13(4-2-12)20-11-14(19)17-7-5-16(6-8-17)9-10-18/h1-4,18H,5-11H2. The summed E-state index contributed by atoms with van der Waals surface area (Å²) in [4.78, 5) is 15.8. The monoisotopic (exact) mass is 282 g/mol. The highest BCUT2D eigenvalue weighted by molar-refractivity contribution is 5.77. The first-order valence-corrected chi connectivity index (χ1v) is 6.68. The molecule has 1 aliphatic rings. The molecule has 1 saturated heterocycles. The molecular weight excluding hydrogens is 263 g/mol. The summed E-state index contributed by atoms with van der Waals surface area (Å²) in [5.74, 6) is 0.0836. The summed E-state index contributed by atoms with van der Waals surface area (Å²) in [5, 5.41) is 8.85. The Labute approximate surface area is 117 Å². The van der Waals surface area contributed by atoms with Crippen LogP contribution in [0, 0.1) is 5.82 Å². The summed E-state index contributed by atoms with van der Waals surface area (Å²) in [6, 6.07) is 5.60. The molecule has 0 aromatic heterocycles. The van der Waals surface area contributed by atoms with Gasteiger partial charge in [-0.25, -0.2) is 4.39 Å². The first kappa shape index (κ1) is 14.7. The third kappa shape index (κ3) is 4.18. The summed E-state index contributed by atoms with van der Waals surface area (Å²) in [7, 11) is 0. The highest BCUT2D eigenvalue weighted by Gasteiger charge is 2.20. The molecular formula is C14H19FN2O3. The number of carbonyl (C=O) groups is 1. The molecule has 1 heterocycles. The average Bonchev–Trinajstić information content (AvgIpc) is 2.47. The summed E-state index contributed by atoms with van der Waals surface area (Å²) in [5.41, 5.74) is 0. The number of ether oxygens (including phenoxy) is 1. The van der Waals surface area contributed by atoms with Gasteiger partial charge in [0.15, 0.2) is 6.61 Å². The Kier molecular flexibility index (Phi) is 5.31. The van der Waals surface area contributed by atoms with Gasteiger partial charge in [-0.2, -0.15) is 0 Å². The number of carbonyl (C=O) groups excluding carboxylic acids is 1. The molecule has 0 radical (unpaired) electrons. The van der Waals surface area contributed by atoms with Crippen molar-refractivity contribution < 1.29 is 19.0 Å². The van der Waals surface area contributed by atoms with Crippen LogP contribution in [0.25, 0.3) is 0 Å². The lowest BCUT2D eigenvalue weighted by atomic mass is 10.3. The van der Waals surface area contributed by atoms with E-state index in [0.717, 1.165) is 13.1 Å². The minimum absolute atomic E-state index is 0.0361. The van der Waals surface area contributed by atoms with Crippen LogP contribution in [-0.4, -0.2) is 66.8 Å². The maximum absolute atomic E-state index is 12.7. The number of hydrogen-bond acceptors (Lipinski definition) is 4. The fourth-order valence-electron chi connectivity index (χ4n) is 2.13. The second-order valence-electron chi connectivity index (χ2n) is 4.69. The predicted molar refractivity (Wildman–Crippen MR) is 72.0 cm³/mol. The minimum Gasteiger partial charge on any atom is -0.484 e. The van der Waals surface area contributed by atoms with Gasteiger partial charge in [0.1, 0.15) is 11.6 Å². The van der Waals surface area contributed by atoms with E-state index in [4.69, 9.17) is 9.84 Å². The quantitative estimate of drug-likeness (QED) is 0.846. The molecule has 1 aromatic rings. The average molecular weight is 282 g/mol. The number of benzene rings is 1. The Morgan fingerprint density at radius 3 is 2.45 bits per heavy atom. The third-order valence-electron chi connectivity index (χ3n) is 3.32. The zero-order valence-electron chi connectivity index (χ0n) is 11.3. The highest BCUT2D eigenvalue weighted by atomic mass is 19.1. The Bertz CT molecular complexity index is 431. The van der Waals surface area contributed by atoms with E-state index in [1.54, 1.807) is 4.90 Å². The topological polar surface area (TPSA) is 53.0 Å². The Hall–Kier alpha value is -1.66. The maximum atomic E-state index is 12.7. The maximum Gasteiger partial charge on any atom is 0.260 e. The smallest absolute Gasteiger partial charge is 0.260 e. The SMILES string of the molecule is O=C(COc1ccc(F)cc1)N1CCN(CCO)CC1. The van der Waals surface area contributed by atoms with Crippen LogP contribution in [0.1, 0.15) is 0 Å². The van der Waals surface area contributed by atoms with Gasteiger partial charge in [-0.1, -0.05) is 0 Å². The van der Waals surface area contributed by atoms with Gasteiger partial charge in [0.05, 0.1) is 6.61 Å². The number of hydrogen-bond donors (Lipinski definition) is 1. The summed E-state index contributed by atoms with van der Waals surface area (Å²) >= 11 is 0. The molecule has 2 rings (SSSR count). The van der Waals surface area contributed by atoms with Crippen molar-refractivity contribution in [3.8, 4) is 5.75 Å². The number of amides is 1. The fourth-order valence-corrected chi connectivity index (χ4v) is 2.13. The van der Waals surface area contributed by atoms with Gasteiger partial charge in [0.2, 0.25) is 0 Å². The van der Waals surface area contributed by atoms with E-state index in [1.165, 1.54) is 24.3 Å². The fraction of sp³-hybridized carbons (Fsp3) is 0.500. The van der Waals surface area contributed by atoms with Crippen LogP contribution in [0.3, 0.4) is 0 Å². The highest BCUT2D eigenvalue weighted by Crippen LogP contribution is 2.11. The molecule has 0 spiro atoms. The molecule has 1 aliphatic heterocycles. The van der Waals surface area contributed by atoms with E-state index in [-0.39, 0.29) is 24.9 Å². The second kappa shape index (κ2) is 7.21. The summed E-state index contributed by atoms with van der Waals surface area (Å²) in [6.45, 7) is 3.57. The summed E-state index contributed by atoms with van der Waals surface area (Å²) in [6.07, 6.45) is 0. The van der Waals surface area contributed by atoms with Crippen molar-refractivity contribution in [2.45, 2.75) is 0 Å². The van der Waals surface area contributed by atoms with Crippen LogP contribution >= 0.6 is 0 Å². The van der Waals surface area contributed by atoms with E-state index < -0.39 is 0 Å². The number of aliphatic hydroxyl groups excluding tert-OH is 1. The molecule has 6 heteroatoms. The van der Waals surface area contributed by atoms with Crippen molar-refractivity contribution in [1.29, 1.82) is 0 Å². The lowest BCUT2D eigenvalue weighted by molar-refractivity contribution is -0.135. The van der Waals surface area contributed by atoms with Gasteiger partial charge in [-0.15, -0.1) is 0 Å². The number of β-amino-alcohol motifs (C(OH)–C–C–N with tert-alkyl or cyclic N) is 1. The molecule has 0 unspecified atom stereocenters. The van der Waals surface area contributed by atoms with E-state index in [2.05, 4.69) is 4.90 Å². The third-order valence-corrected chi connectivity index (χ3v) is 3.32. The Balaban J connectivity index is 1.74. The molecule has 1 fully saturated rings. The van der Waals surface area contributed by atoms with Gasteiger partial charge < -0.3 is 14.7 Å². The largest absolute Gasteiger partial charge is 0.484 e. The van der Waals surface area contributed by atoms with Crippen LogP contribution < -0.4 is 4.74 Å². The van der Waals surface area contributed by atoms with Crippen molar-refractivity contribution in [2.75, 3.05) is 45.9 Å². The van der Waals surface area contributed by atoms with Gasteiger partial charge >= 0.3 is 0 Å². The molecule has 0 aliphatic carbocycles. The molecule has 0 saturated carbocycles. The zero-order valence-corrected chi connectivity index (χ0v) is 11.3. The Morgan fingerprint density at radius 2 is 1.85 bits per heavy atom. The number of rotatable bonds is 5. The van der Waals surface area contributed by atoms with Crippen LogP contribution in [0.5, 0.6) is 5.75 Å². The first-order chi connectivity index (χ1) is 9.69. The van der Waals surface area contributed by atoms with Crippen molar-refractivity contribution in [3.05, 3.63) is 30.1 Å². The molecule has 0 bridgehead atoms. The number of halogens is 1. The van der Waals surface area contributed by atoms with E-state index in [0.29, 0.717) is 25.4 Å². The normalized spacial score (nSPS) is 16.2. The predicted octanol–water partition coefficient (Wildman–Crippen LogP) is 0.341.